The fourth-order valence-corrected chi connectivity index (χ4v) is 1.77. The molecule has 0 spiro atoms. The van der Waals surface area contributed by atoms with Gasteiger partial charge in [-0.2, -0.15) is 0 Å². The van der Waals surface area contributed by atoms with Gasteiger partial charge in [-0.15, -0.1) is 0 Å². The number of fused-ring (bicyclic) bond motifs is 1. The minimum atomic E-state index is -0.501. The molecule has 3 N–H and O–H groups in total. The summed E-state index contributed by atoms with van der Waals surface area (Å²) in [7, 11) is 1.72. The van der Waals surface area contributed by atoms with Crippen molar-refractivity contribution in [3.05, 3.63) is 24.0 Å². The van der Waals surface area contributed by atoms with E-state index in [0.29, 0.717) is 0 Å². The Labute approximate surface area is 99.6 Å². The fourth-order valence-electron chi connectivity index (χ4n) is 1.77. The Kier molecular flexibility index (Phi) is 2.85. The van der Waals surface area contributed by atoms with Crippen LogP contribution in [0.3, 0.4) is 0 Å². The van der Waals surface area contributed by atoms with Crippen LogP contribution in [0.4, 0.5) is 5.69 Å². The molecular formula is C12H16N4O. The molecule has 5 heteroatoms. The van der Waals surface area contributed by atoms with E-state index < -0.39 is 6.04 Å². The van der Waals surface area contributed by atoms with Crippen molar-refractivity contribution in [3.63, 3.8) is 0 Å². The Balaban J connectivity index is 2.38. The number of amides is 1. The first kappa shape index (κ1) is 11.6. The first-order valence-electron chi connectivity index (χ1n) is 5.48. The summed E-state index contributed by atoms with van der Waals surface area (Å²) in [6, 6.07) is 5.15. The van der Waals surface area contributed by atoms with Gasteiger partial charge in [0.25, 0.3) is 0 Å². The zero-order valence-electron chi connectivity index (χ0n) is 10.2. The lowest BCUT2D eigenvalue weighted by Gasteiger charge is -2.19. The SMILES string of the molecule is Cc1nc2ccc(N(C)C(=O)C(C)N)cc2[nH]1. The lowest BCUT2D eigenvalue weighted by atomic mass is 10.2. The molecule has 0 aliphatic heterocycles. The number of aryl methyl sites for hydroxylation is 1. The highest BCUT2D eigenvalue weighted by Crippen LogP contribution is 2.20. The molecule has 1 heterocycles. The second-order valence-electron chi connectivity index (χ2n) is 4.21. The predicted molar refractivity (Wildman–Crippen MR) is 67.9 cm³/mol. The van der Waals surface area contributed by atoms with Crippen LogP contribution in [-0.4, -0.2) is 29.0 Å². The van der Waals surface area contributed by atoms with Crippen LogP contribution in [0.2, 0.25) is 0 Å². The van der Waals surface area contributed by atoms with Crippen LogP contribution >= 0.6 is 0 Å². The minimum absolute atomic E-state index is 0.111. The number of rotatable bonds is 2. The molecule has 1 amide bonds. The van der Waals surface area contributed by atoms with Gasteiger partial charge < -0.3 is 15.6 Å². The van der Waals surface area contributed by atoms with Gasteiger partial charge in [0, 0.05) is 12.7 Å². The van der Waals surface area contributed by atoms with E-state index in [1.165, 1.54) is 0 Å². The number of hydrogen-bond donors (Lipinski definition) is 2. The number of nitrogens with two attached hydrogens (primary N) is 1. The number of H-pyrrole nitrogens is 1. The summed E-state index contributed by atoms with van der Waals surface area (Å²) < 4.78 is 0. The van der Waals surface area contributed by atoms with Gasteiger partial charge in [-0.3, -0.25) is 4.79 Å². The smallest absolute Gasteiger partial charge is 0.243 e. The molecule has 0 saturated carbocycles. The van der Waals surface area contributed by atoms with Gasteiger partial charge in [0.2, 0.25) is 5.91 Å². The molecule has 0 radical (unpaired) electrons. The third kappa shape index (κ3) is 2.14. The summed E-state index contributed by atoms with van der Waals surface area (Å²) in [4.78, 5) is 20.8. The molecule has 1 unspecified atom stereocenters. The van der Waals surface area contributed by atoms with Crippen LogP contribution in [0.15, 0.2) is 18.2 Å². The summed E-state index contributed by atoms with van der Waals surface area (Å²) in [5.41, 5.74) is 8.21. The number of hydrogen-bond acceptors (Lipinski definition) is 3. The number of aromatic nitrogens is 2. The molecule has 17 heavy (non-hydrogen) atoms. The van der Waals surface area contributed by atoms with Crippen molar-refractivity contribution < 1.29 is 4.79 Å². The van der Waals surface area contributed by atoms with Crippen molar-refractivity contribution in [2.75, 3.05) is 11.9 Å². The normalized spacial score (nSPS) is 12.7. The van der Waals surface area contributed by atoms with Gasteiger partial charge >= 0.3 is 0 Å². The largest absolute Gasteiger partial charge is 0.342 e. The van der Waals surface area contributed by atoms with Crippen LogP contribution in [0, 0.1) is 6.92 Å². The molecule has 2 aromatic rings. The average molecular weight is 232 g/mol. The third-order valence-corrected chi connectivity index (χ3v) is 2.69. The number of imidazole rings is 1. The summed E-state index contributed by atoms with van der Waals surface area (Å²) in [6.45, 7) is 3.58. The first-order chi connectivity index (χ1) is 7.99. The van der Waals surface area contributed by atoms with Crippen LogP contribution in [0.25, 0.3) is 11.0 Å². The number of aromatic amines is 1. The molecule has 1 aromatic heterocycles. The highest BCUT2D eigenvalue weighted by molar-refractivity contribution is 5.97. The van der Waals surface area contributed by atoms with E-state index >= 15 is 0 Å². The number of carbonyl (C=O) groups excluding carboxylic acids is 1. The number of anilines is 1. The average Bonchev–Trinajstić information content (AvgIpc) is 2.65. The van der Waals surface area contributed by atoms with Crippen molar-refractivity contribution in [2.24, 2.45) is 5.73 Å². The van der Waals surface area contributed by atoms with Crippen molar-refractivity contribution in [1.82, 2.24) is 9.97 Å². The van der Waals surface area contributed by atoms with Crippen molar-refractivity contribution in [1.29, 1.82) is 0 Å². The second-order valence-corrected chi connectivity index (χ2v) is 4.21. The Hall–Kier alpha value is -1.88. The highest BCUT2D eigenvalue weighted by Gasteiger charge is 2.15. The standard InChI is InChI=1S/C12H16N4O/c1-7(13)12(17)16(3)9-4-5-10-11(6-9)15-8(2)14-10/h4-7H,13H2,1-3H3,(H,14,15). The summed E-state index contributed by atoms with van der Waals surface area (Å²) >= 11 is 0. The van der Waals surface area contributed by atoms with E-state index in [-0.39, 0.29) is 5.91 Å². The number of benzene rings is 1. The van der Waals surface area contributed by atoms with Crippen molar-refractivity contribution in [3.8, 4) is 0 Å². The molecule has 2 rings (SSSR count). The fraction of sp³-hybridized carbons (Fsp3) is 0.333. The van der Waals surface area contributed by atoms with Gasteiger partial charge in [-0.25, -0.2) is 4.98 Å². The monoisotopic (exact) mass is 232 g/mol. The zero-order valence-corrected chi connectivity index (χ0v) is 10.2. The maximum absolute atomic E-state index is 11.8. The van der Waals surface area contributed by atoms with E-state index in [0.717, 1.165) is 22.5 Å². The summed E-state index contributed by atoms with van der Waals surface area (Å²) in [6.07, 6.45) is 0. The molecule has 0 aliphatic carbocycles. The summed E-state index contributed by atoms with van der Waals surface area (Å²) in [5.74, 6) is 0.749. The van der Waals surface area contributed by atoms with E-state index in [2.05, 4.69) is 9.97 Å². The van der Waals surface area contributed by atoms with Gasteiger partial charge in [-0.05, 0) is 32.0 Å². The third-order valence-electron chi connectivity index (χ3n) is 2.69. The number of nitrogens with zero attached hydrogens (tertiary/aromatic N) is 2. The quantitative estimate of drug-likeness (QED) is 0.816. The summed E-state index contributed by atoms with van der Waals surface area (Å²) in [5, 5.41) is 0. The lowest BCUT2D eigenvalue weighted by molar-refractivity contribution is -0.119. The van der Waals surface area contributed by atoms with Crippen molar-refractivity contribution in [2.45, 2.75) is 19.9 Å². The van der Waals surface area contributed by atoms with E-state index in [9.17, 15) is 4.79 Å². The Morgan fingerprint density at radius 2 is 2.24 bits per heavy atom. The Morgan fingerprint density at radius 1 is 1.53 bits per heavy atom. The van der Waals surface area contributed by atoms with Gasteiger partial charge in [-0.1, -0.05) is 0 Å². The van der Waals surface area contributed by atoms with E-state index in [1.807, 2.05) is 25.1 Å². The molecule has 0 fully saturated rings. The maximum Gasteiger partial charge on any atom is 0.243 e. The number of carbonyl (C=O) groups is 1. The molecule has 0 bridgehead atoms. The zero-order chi connectivity index (χ0) is 12.6. The highest BCUT2D eigenvalue weighted by atomic mass is 16.2. The second kappa shape index (κ2) is 4.18. The number of nitrogens with one attached hydrogen (secondary N) is 1. The molecule has 0 aliphatic rings. The van der Waals surface area contributed by atoms with Crippen LogP contribution in [0.5, 0.6) is 0 Å². The Bertz CT molecular complexity index is 559. The van der Waals surface area contributed by atoms with E-state index in [4.69, 9.17) is 5.73 Å². The van der Waals surface area contributed by atoms with Crippen molar-refractivity contribution >= 4 is 22.6 Å². The molecule has 1 atom stereocenters. The first-order valence-corrected chi connectivity index (χ1v) is 5.48. The van der Waals surface area contributed by atoms with Gasteiger partial charge in [0.1, 0.15) is 5.82 Å². The topological polar surface area (TPSA) is 75.0 Å². The van der Waals surface area contributed by atoms with Crippen LogP contribution in [0.1, 0.15) is 12.7 Å². The van der Waals surface area contributed by atoms with Crippen LogP contribution in [-0.2, 0) is 4.79 Å². The van der Waals surface area contributed by atoms with Crippen LogP contribution < -0.4 is 10.6 Å². The van der Waals surface area contributed by atoms with Gasteiger partial charge in [0.05, 0.1) is 17.1 Å². The minimum Gasteiger partial charge on any atom is -0.342 e. The van der Waals surface area contributed by atoms with E-state index in [1.54, 1.807) is 18.9 Å². The molecule has 1 aromatic carbocycles. The number of likely N-dealkylation sites (N-methyl/N-ethyl adjacent to an activating group) is 1. The molecule has 90 valence electrons. The predicted octanol–water partition coefficient (Wildman–Crippen LogP) is 1.18. The lowest BCUT2D eigenvalue weighted by Crippen LogP contribution is -2.39. The van der Waals surface area contributed by atoms with Gasteiger partial charge in [0.15, 0.2) is 0 Å². The Morgan fingerprint density at radius 3 is 2.88 bits per heavy atom. The molecular weight excluding hydrogens is 216 g/mol. The molecule has 0 saturated heterocycles. The molecule has 5 nitrogen and oxygen atoms in total. The maximum atomic E-state index is 11.8.